The van der Waals surface area contributed by atoms with Gasteiger partial charge in [0.05, 0.1) is 18.5 Å². The minimum Gasteiger partial charge on any atom is -0.497 e. The van der Waals surface area contributed by atoms with Gasteiger partial charge in [0, 0.05) is 22.6 Å². The van der Waals surface area contributed by atoms with E-state index in [1.165, 1.54) is 16.9 Å². The Labute approximate surface area is 183 Å². The molecule has 8 heteroatoms. The Morgan fingerprint density at radius 1 is 0.935 bits per heavy atom. The second-order valence-electron chi connectivity index (χ2n) is 7.16. The van der Waals surface area contributed by atoms with Crippen molar-refractivity contribution in [3.05, 3.63) is 71.4 Å². The minimum atomic E-state index is 0.490. The second kappa shape index (κ2) is 7.81. The van der Waals surface area contributed by atoms with E-state index in [4.69, 9.17) is 4.74 Å². The summed E-state index contributed by atoms with van der Waals surface area (Å²) in [5.74, 6) is 2.63. The number of ether oxygens (including phenoxy) is 1. The maximum absolute atomic E-state index is 5.35. The molecule has 0 radical (unpaired) electrons. The molecule has 0 aliphatic carbocycles. The summed E-state index contributed by atoms with van der Waals surface area (Å²) in [5, 5.41) is 9.92. The molecule has 0 bridgehead atoms. The number of hydrogen-bond acceptors (Lipinski definition) is 7. The van der Waals surface area contributed by atoms with Gasteiger partial charge >= 0.3 is 0 Å². The quantitative estimate of drug-likeness (QED) is 0.410. The van der Waals surface area contributed by atoms with Gasteiger partial charge in [-0.1, -0.05) is 42.0 Å². The van der Waals surface area contributed by atoms with Gasteiger partial charge in [-0.2, -0.15) is 4.98 Å². The maximum atomic E-state index is 5.35. The Hall–Kier alpha value is -3.78. The van der Waals surface area contributed by atoms with Crippen LogP contribution in [0.2, 0.25) is 0 Å². The van der Waals surface area contributed by atoms with Crippen molar-refractivity contribution in [2.45, 2.75) is 13.8 Å². The summed E-state index contributed by atoms with van der Waals surface area (Å²) in [6, 6.07) is 18.1. The SMILES string of the molecule is COc1cccc(-c2csc3nc(Nc4cc(-c5ccc(C)cc5)nc(C)n4)nn23)c1. The van der Waals surface area contributed by atoms with E-state index in [9.17, 15) is 0 Å². The van der Waals surface area contributed by atoms with E-state index in [2.05, 4.69) is 56.6 Å². The third-order valence-corrected chi connectivity index (χ3v) is 5.69. The number of aromatic nitrogens is 5. The average Bonchev–Trinajstić information content (AvgIpc) is 3.34. The lowest BCUT2D eigenvalue weighted by Gasteiger charge is -2.07. The van der Waals surface area contributed by atoms with Gasteiger partial charge in [-0.3, -0.25) is 0 Å². The highest BCUT2D eigenvalue weighted by Gasteiger charge is 2.13. The number of thiazole rings is 1. The Morgan fingerprint density at radius 3 is 2.58 bits per heavy atom. The number of anilines is 2. The fourth-order valence-electron chi connectivity index (χ4n) is 3.33. The van der Waals surface area contributed by atoms with E-state index in [1.54, 1.807) is 7.11 Å². The molecule has 31 heavy (non-hydrogen) atoms. The van der Waals surface area contributed by atoms with Crippen LogP contribution < -0.4 is 10.1 Å². The topological polar surface area (TPSA) is 77.2 Å². The van der Waals surface area contributed by atoms with E-state index in [0.717, 1.165) is 33.2 Å². The molecule has 5 rings (SSSR count). The van der Waals surface area contributed by atoms with Crippen LogP contribution in [0.25, 0.3) is 27.5 Å². The second-order valence-corrected chi connectivity index (χ2v) is 8.00. The molecular formula is C23H20N6OS. The van der Waals surface area contributed by atoms with Crippen molar-refractivity contribution in [3.63, 3.8) is 0 Å². The Bertz CT molecular complexity index is 1370. The first kappa shape index (κ1) is 19.2. The predicted octanol–water partition coefficient (Wildman–Crippen LogP) is 5.28. The zero-order chi connectivity index (χ0) is 21.4. The first-order valence-electron chi connectivity index (χ1n) is 9.77. The van der Waals surface area contributed by atoms with Crippen LogP contribution in [0.4, 0.5) is 11.8 Å². The summed E-state index contributed by atoms with van der Waals surface area (Å²) < 4.78 is 7.18. The number of hydrogen-bond donors (Lipinski definition) is 1. The van der Waals surface area contributed by atoms with Crippen LogP contribution in [0.3, 0.4) is 0 Å². The molecule has 0 aliphatic rings. The number of methoxy groups -OCH3 is 1. The number of fused-ring (bicyclic) bond motifs is 1. The Morgan fingerprint density at radius 2 is 1.77 bits per heavy atom. The third-order valence-electron chi connectivity index (χ3n) is 4.87. The van der Waals surface area contributed by atoms with E-state index < -0.39 is 0 Å². The molecular weight excluding hydrogens is 408 g/mol. The van der Waals surface area contributed by atoms with Crippen LogP contribution >= 0.6 is 11.3 Å². The molecule has 154 valence electrons. The van der Waals surface area contributed by atoms with Crippen molar-refractivity contribution in [2.75, 3.05) is 12.4 Å². The van der Waals surface area contributed by atoms with Gasteiger partial charge in [0.25, 0.3) is 0 Å². The number of benzene rings is 2. The highest BCUT2D eigenvalue weighted by molar-refractivity contribution is 7.15. The normalized spacial score (nSPS) is 11.1. The van der Waals surface area contributed by atoms with Gasteiger partial charge < -0.3 is 10.1 Å². The van der Waals surface area contributed by atoms with E-state index in [-0.39, 0.29) is 0 Å². The lowest BCUT2D eigenvalue weighted by molar-refractivity contribution is 0.415. The lowest BCUT2D eigenvalue weighted by Crippen LogP contribution is -2.00. The summed E-state index contributed by atoms with van der Waals surface area (Å²) >= 11 is 1.53. The highest BCUT2D eigenvalue weighted by Crippen LogP contribution is 2.29. The van der Waals surface area contributed by atoms with Crippen LogP contribution in [-0.2, 0) is 0 Å². The molecule has 3 aromatic heterocycles. The van der Waals surface area contributed by atoms with Crippen molar-refractivity contribution in [3.8, 4) is 28.3 Å². The van der Waals surface area contributed by atoms with Gasteiger partial charge in [0.1, 0.15) is 17.4 Å². The standard InChI is InChI=1S/C23H20N6OS/c1-14-7-9-16(10-8-14)19-12-21(25-15(2)24-19)26-22-27-23-29(28-22)20(13-31-23)17-5-4-6-18(11-17)30-3/h4-13H,1-3H3,(H,24,25,26,28). The van der Waals surface area contributed by atoms with E-state index >= 15 is 0 Å². The molecule has 0 fully saturated rings. The lowest BCUT2D eigenvalue weighted by atomic mass is 10.1. The van der Waals surface area contributed by atoms with E-state index in [0.29, 0.717) is 17.6 Å². The Kier molecular flexibility index (Phi) is 4.83. The van der Waals surface area contributed by atoms with Crippen LogP contribution in [0, 0.1) is 13.8 Å². The van der Waals surface area contributed by atoms with Crippen LogP contribution in [0.15, 0.2) is 60.0 Å². The van der Waals surface area contributed by atoms with Crippen LogP contribution in [-0.4, -0.2) is 31.7 Å². The zero-order valence-corrected chi connectivity index (χ0v) is 18.1. The predicted molar refractivity (Wildman–Crippen MR) is 123 cm³/mol. The average molecular weight is 429 g/mol. The number of rotatable bonds is 5. The smallest absolute Gasteiger partial charge is 0.249 e. The van der Waals surface area contributed by atoms with Crippen LogP contribution in [0.5, 0.6) is 5.75 Å². The molecule has 5 aromatic rings. The molecule has 0 aliphatic heterocycles. The number of aryl methyl sites for hydroxylation is 2. The molecule has 0 saturated carbocycles. The van der Waals surface area contributed by atoms with Crippen molar-refractivity contribution in [1.82, 2.24) is 24.6 Å². The summed E-state index contributed by atoms with van der Waals surface area (Å²) in [5.41, 5.74) is 5.08. The van der Waals surface area contributed by atoms with Crippen molar-refractivity contribution in [1.29, 1.82) is 0 Å². The van der Waals surface area contributed by atoms with Gasteiger partial charge in [-0.15, -0.1) is 16.4 Å². The number of nitrogens with zero attached hydrogens (tertiary/aromatic N) is 5. The number of nitrogens with one attached hydrogen (secondary N) is 1. The van der Waals surface area contributed by atoms with Crippen molar-refractivity contribution in [2.24, 2.45) is 0 Å². The van der Waals surface area contributed by atoms with Gasteiger partial charge in [-0.05, 0) is 26.0 Å². The molecule has 0 saturated heterocycles. The molecule has 3 heterocycles. The van der Waals surface area contributed by atoms with Gasteiger partial charge in [-0.25, -0.2) is 14.5 Å². The first-order chi connectivity index (χ1) is 15.1. The maximum Gasteiger partial charge on any atom is 0.249 e. The largest absolute Gasteiger partial charge is 0.497 e. The summed E-state index contributed by atoms with van der Waals surface area (Å²) in [6.45, 7) is 3.95. The summed E-state index contributed by atoms with van der Waals surface area (Å²) in [7, 11) is 1.66. The Balaban J connectivity index is 1.47. The summed E-state index contributed by atoms with van der Waals surface area (Å²) in [4.78, 5) is 14.5. The molecule has 7 nitrogen and oxygen atoms in total. The molecule has 1 N–H and O–H groups in total. The highest BCUT2D eigenvalue weighted by atomic mass is 32.1. The third kappa shape index (κ3) is 3.85. The van der Waals surface area contributed by atoms with Crippen molar-refractivity contribution >= 4 is 28.1 Å². The van der Waals surface area contributed by atoms with Crippen molar-refractivity contribution < 1.29 is 4.74 Å². The molecule has 0 unspecified atom stereocenters. The van der Waals surface area contributed by atoms with Crippen LogP contribution in [0.1, 0.15) is 11.4 Å². The van der Waals surface area contributed by atoms with E-state index in [1.807, 2.05) is 47.2 Å². The van der Waals surface area contributed by atoms with Gasteiger partial charge in [0.2, 0.25) is 10.9 Å². The molecule has 0 atom stereocenters. The molecule has 2 aromatic carbocycles. The fraction of sp³-hybridized carbons (Fsp3) is 0.130. The monoisotopic (exact) mass is 428 g/mol. The zero-order valence-electron chi connectivity index (χ0n) is 17.3. The fourth-order valence-corrected chi connectivity index (χ4v) is 4.16. The van der Waals surface area contributed by atoms with Gasteiger partial charge in [0.15, 0.2) is 0 Å². The molecule has 0 amide bonds. The molecule has 0 spiro atoms. The summed E-state index contributed by atoms with van der Waals surface area (Å²) in [6.07, 6.45) is 0. The first-order valence-corrected chi connectivity index (χ1v) is 10.7. The minimum absolute atomic E-state index is 0.490.